The molecule has 170 valence electrons. The highest BCUT2D eigenvalue weighted by Crippen LogP contribution is 2.20. The second kappa shape index (κ2) is 15.9. The number of hydrogen-bond donors (Lipinski definition) is 3. The zero-order valence-corrected chi connectivity index (χ0v) is 21.2. The molecule has 0 aromatic rings. The maximum atomic E-state index is 12.1. The summed E-state index contributed by atoms with van der Waals surface area (Å²) in [6, 6.07) is -0.147. The number of thioether (sulfide) groups is 1. The summed E-state index contributed by atoms with van der Waals surface area (Å²) >= 11 is 11.4. The molecule has 0 aromatic heterocycles. The molecule has 30 heavy (non-hydrogen) atoms. The predicted octanol–water partition coefficient (Wildman–Crippen LogP) is 4.05. The molecule has 0 aromatic carbocycles. The van der Waals surface area contributed by atoms with Crippen LogP contribution in [0.15, 0.2) is 44.9 Å². The number of carbonyl (C=O) groups excluding carboxylic acids is 1. The lowest BCUT2D eigenvalue weighted by atomic mass is 10.1. The smallest absolute Gasteiger partial charge is 0.244 e. The molecule has 0 bridgehead atoms. The van der Waals surface area contributed by atoms with Crippen LogP contribution in [0, 0.1) is 0 Å². The summed E-state index contributed by atoms with van der Waals surface area (Å²) in [4.78, 5) is 14.4. The topological polar surface area (TPSA) is 67.8 Å². The first-order valence-electron chi connectivity index (χ1n) is 10.2. The largest absolute Gasteiger partial charge is 0.368 e. The Morgan fingerprint density at radius 1 is 1.43 bits per heavy atom. The van der Waals surface area contributed by atoms with Crippen molar-refractivity contribution in [1.29, 1.82) is 0 Å². The van der Waals surface area contributed by atoms with E-state index < -0.39 is 0 Å². The van der Waals surface area contributed by atoms with Crippen molar-refractivity contribution in [2.75, 3.05) is 45.5 Å². The van der Waals surface area contributed by atoms with Gasteiger partial charge >= 0.3 is 0 Å². The Hall–Kier alpha value is -0.770. The van der Waals surface area contributed by atoms with E-state index in [1.165, 1.54) is 11.1 Å². The Labute approximate surface area is 198 Å². The molecule has 1 aliphatic heterocycles. The number of hydrogen-bond acceptors (Lipinski definition) is 6. The van der Waals surface area contributed by atoms with Crippen LogP contribution in [0.1, 0.15) is 26.7 Å². The van der Waals surface area contributed by atoms with Gasteiger partial charge in [0.05, 0.1) is 10.7 Å². The van der Waals surface area contributed by atoms with Gasteiger partial charge in [-0.15, -0.1) is 11.8 Å². The highest BCUT2D eigenvalue weighted by molar-refractivity contribution is 9.14. The molecular formula is C21H34BrClN4O2S. The summed E-state index contributed by atoms with van der Waals surface area (Å²) < 4.78 is 0.947. The Morgan fingerprint density at radius 3 is 2.73 bits per heavy atom. The van der Waals surface area contributed by atoms with E-state index in [9.17, 15) is 10.0 Å². The van der Waals surface area contributed by atoms with Gasteiger partial charge < -0.3 is 20.7 Å². The van der Waals surface area contributed by atoms with E-state index in [0.29, 0.717) is 11.6 Å². The number of allylic oxidation sites excluding steroid dienone is 4. The van der Waals surface area contributed by atoms with E-state index in [1.807, 2.05) is 31.4 Å². The van der Waals surface area contributed by atoms with Crippen LogP contribution < -0.4 is 10.6 Å². The second-order valence-corrected chi connectivity index (χ2v) is 9.50. The fourth-order valence-electron chi connectivity index (χ4n) is 3.08. The maximum Gasteiger partial charge on any atom is 0.244 e. The SMILES string of the molecule is C/C=C(\C(Cl)=C/CN(O)CC(CCC)NC(=O)/C=C/C=C(/Br)SC)N1CCNCC1. The quantitative estimate of drug-likeness (QED) is 0.205. The van der Waals surface area contributed by atoms with Crippen LogP contribution in [0.5, 0.6) is 0 Å². The Bertz CT molecular complexity index is 649. The molecule has 1 unspecified atom stereocenters. The van der Waals surface area contributed by atoms with Crippen molar-refractivity contribution in [3.8, 4) is 0 Å². The van der Waals surface area contributed by atoms with Gasteiger partial charge in [0.2, 0.25) is 5.91 Å². The van der Waals surface area contributed by atoms with Crippen LogP contribution in [-0.4, -0.2) is 72.6 Å². The molecule has 1 saturated heterocycles. The summed E-state index contributed by atoms with van der Waals surface area (Å²) in [6.45, 7) is 8.33. The van der Waals surface area contributed by atoms with Gasteiger partial charge in [-0.25, -0.2) is 0 Å². The summed E-state index contributed by atoms with van der Waals surface area (Å²) in [5, 5.41) is 18.5. The minimum Gasteiger partial charge on any atom is -0.368 e. The average Bonchev–Trinajstić information content (AvgIpc) is 2.73. The maximum absolute atomic E-state index is 12.1. The van der Waals surface area contributed by atoms with E-state index in [4.69, 9.17) is 11.6 Å². The molecule has 0 radical (unpaired) electrons. The number of rotatable bonds is 12. The monoisotopic (exact) mass is 520 g/mol. The molecule has 1 heterocycles. The first-order chi connectivity index (χ1) is 14.4. The molecule has 1 rings (SSSR count). The molecule has 6 nitrogen and oxygen atoms in total. The molecule has 1 atom stereocenters. The van der Waals surface area contributed by atoms with Gasteiger partial charge in [-0.05, 0) is 47.7 Å². The highest BCUT2D eigenvalue weighted by Gasteiger charge is 2.16. The standard InChI is InChI=1S/C21H34BrClN4O2S/c1-4-7-17(25-21(28)9-6-8-20(22)30-3)16-27(29)13-10-18(23)19(5-2)26-14-11-24-12-15-26/h5-6,8-10,17,24,29H,4,7,11-16H2,1-3H3,(H,25,28)/b9-6+,18-10+,19-5+,20-8-. The number of piperazine rings is 1. The molecule has 0 aliphatic carbocycles. The fraction of sp³-hybridized carbons (Fsp3) is 0.571. The zero-order chi connectivity index (χ0) is 22.4. The van der Waals surface area contributed by atoms with E-state index in [0.717, 1.165) is 48.5 Å². The molecule has 9 heteroatoms. The number of halogens is 2. The number of nitrogens with one attached hydrogen (secondary N) is 2. The van der Waals surface area contributed by atoms with Crippen LogP contribution in [-0.2, 0) is 4.79 Å². The number of carbonyl (C=O) groups is 1. The summed E-state index contributed by atoms with van der Waals surface area (Å²) in [5.74, 6) is -0.178. The number of amides is 1. The molecular weight excluding hydrogens is 488 g/mol. The van der Waals surface area contributed by atoms with Gasteiger partial charge in [-0.2, -0.15) is 5.06 Å². The summed E-state index contributed by atoms with van der Waals surface area (Å²) in [7, 11) is 0. The van der Waals surface area contributed by atoms with Crippen LogP contribution in [0.3, 0.4) is 0 Å². The highest BCUT2D eigenvalue weighted by atomic mass is 79.9. The van der Waals surface area contributed by atoms with Gasteiger partial charge in [-0.3, -0.25) is 4.79 Å². The third-order valence-electron chi connectivity index (χ3n) is 4.54. The normalized spacial score (nSPS) is 17.7. The second-order valence-electron chi connectivity index (χ2n) is 6.86. The van der Waals surface area contributed by atoms with Gasteiger partial charge in [0.15, 0.2) is 0 Å². The lowest BCUT2D eigenvalue weighted by Crippen LogP contribution is -2.43. The molecule has 0 spiro atoms. The lowest BCUT2D eigenvalue weighted by Gasteiger charge is -2.31. The van der Waals surface area contributed by atoms with Crippen molar-refractivity contribution in [1.82, 2.24) is 20.6 Å². The molecule has 1 fully saturated rings. The van der Waals surface area contributed by atoms with Crippen molar-refractivity contribution < 1.29 is 10.0 Å². The van der Waals surface area contributed by atoms with Crippen molar-refractivity contribution in [2.45, 2.75) is 32.7 Å². The van der Waals surface area contributed by atoms with Gasteiger partial charge in [0.25, 0.3) is 0 Å². The Balaban J connectivity index is 2.59. The lowest BCUT2D eigenvalue weighted by molar-refractivity contribution is -0.119. The first-order valence-corrected chi connectivity index (χ1v) is 12.6. The zero-order valence-electron chi connectivity index (χ0n) is 18.0. The van der Waals surface area contributed by atoms with E-state index in [-0.39, 0.29) is 18.5 Å². The average molecular weight is 522 g/mol. The summed E-state index contributed by atoms with van der Waals surface area (Å²) in [6.07, 6.45) is 12.5. The van der Waals surface area contributed by atoms with Gasteiger partial charge in [-0.1, -0.05) is 37.1 Å². The minimum atomic E-state index is -0.178. The summed E-state index contributed by atoms with van der Waals surface area (Å²) in [5.41, 5.74) is 0.986. The van der Waals surface area contributed by atoms with Gasteiger partial charge in [0.1, 0.15) is 0 Å². The van der Waals surface area contributed by atoms with Crippen LogP contribution in [0.4, 0.5) is 0 Å². The first kappa shape index (κ1) is 27.3. The van der Waals surface area contributed by atoms with Crippen molar-refractivity contribution in [2.24, 2.45) is 0 Å². The van der Waals surface area contributed by atoms with E-state index in [2.05, 4.69) is 38.4 Å². The van der Waals surface area contributed by atoms with Crippen molar-refractivity contribution in [3.05, 3.63) is 44.9 Å². The van der Waals surface area contributed by atoms with Crippen LogP contribution in [0.25, 0.3) is 0 Å². The van der Waals surface area contributed by atoms with E-state index in [1.54, 1.807) is 17.8 Å². The van der Waals surface area contributed by atoms with Crippen molar-refractivity contribution in [3.63, 3.8) is 0 Å². The van der Waals surface area contributed by atoms with Crippen LogP contribution >= 0.6 is 39.3 Å². The van der Waals surface area contributed by atoms with E-state index >= 15 is 0 Å². The fourth-order valence-corrected chi connectivity index (χ4v) is 3.75. The molecule has 3 N–H and O–H groups in total. The Kier molecular flexibility index (Phi) is 14.5. The predicted molar refractivity (Wildman–Crippen MR) is 132 cm³/mol. The minimum absolute atomic E-state index is 0.147. The van der Waals surface area contributed by atoms with Gasteiger partial charge in [0, 0.05) is 55.2 Å². The molecule has 1 amide bonds. The molecule has 0 saturated carbocycles. The Morgan fingerprint density at radius 2 is 2.13 bits per heavy atom. The van der Waals surface area contributed by atoms with Crippen molar-refractivity contribution >= 4 is 45.2 Å². The third-order valence-corrected chi connectivity index (χ3v) is 6.65. The third kappa shape index (κ3) is 11.0. The molecule has 1 aliphatic rings. The number of hydroxylamine groups is 2. The number of nitrogens with zero attached hydrogens (tertiary/aromatic N) is 2. The van der Waals surface area contributed by atoms with Crippen LogP contribution in [0.2, 0.25) is 0 Å².